The highest BCUT2D eigenvalue weighted by molar-refractivity contribution is 5.89. The van der Waals surface area contributed by atoms with Crippen LogP contribution < -0.4 is 10.1 Å². The summed E-state index contributed by atoms with van der Waals surface area (Å²) in [6, 6.07) is 25.9. The fourth-order valence-corrected chi connectivity index (χ4v) is 3.49. The molecule has 4 rings (SSSR count). The molecule has 0 fully saturated rings. The van der Waals surface area contributed by atoms with Gasteiger partial charge in [-0.2, -0.15) is 0 Å². The number of rotatable bonds is 5. The van der Waals surface area contributed by atoms with E-state index in [4.69, 9.17) is 4.74 Å². The molecule has 2 amide bonds. The second kappa shape index (κ2) is 8.61. The van der Waals surface area contributed by atoms with Crippen LogP contribution in [0.5, 0.6) is 5.75 Å². The lowest BCUT2D eigenvalue weighted by atomic mass is 10.0. The van der Waals surface area contributed by atoms with E-state index in [-0.39, 0.29) is 18.4 Å². The van der Waals surface area contributed by atoms with Crippen LogP contribution >= 0.6 is 0 Å². The smallest absolute Gasteiger partial charge is 0.261 e. The molecule has 146 valence electrons. The topological polar surface area (TPSA) is 58.6 Å². The van der Waals surface area contributed by atoms with Crippen molar-refractivity contribution in [3.63, 3.8) is 0 Å². The Balaban J connectivity index is 1.63. The fraction of sp³-hybridized carbons (Fsp3) is 0.167. The van der Waals surface area contributed by atoms with E-state index < -0.39 is 6.04 Å². The van der Waals surface area contributed by atoms with E-state index in [9.17, 15) is 9.59 Å². The minimum Gasteiger partial charge on any atom is -0.483 e. The molecule has 1 N–H and O–H groups in total. The van der Waals surface area contributed by atoms with Crippen LogP contribution in [0, 0.1) is 0 Å². The van der Waals surface area contributed by atoms with E-state index in [0.29, 0.717) is 18.8 Å². The van der Waals surface area contributed by atoms with Gasteiger partial charge in [0.1, 0.15) is 11.8 Å². The van der Waals surface area contributed by atoms with E-state index in [2.05, 4.69) is 5.32 Å². The third kappa shape index (κ3) is 4.29. The molecule has 0 radical (unpaired) electrons. The van der Waals surface area contributed by atoms with Gasteiger partial charge in [0.2, 0.25) is 5.91 Å². The molecular weight excluding hydrogens is 364 g/mol. The van der Waals surface area contributed by atoms with Crippen LogP contribution in [0.3, 0.4) is 0 Å². The molecule has 5 heteroatoms. The summed E-state index contributed by atoms with van der Waals surface area (Å²) in [6.07, 6.45) is 0. The molecule has 29 heavy (non-hydrogen) atoms. The molecule has 1 aliphatic heterocycles. The molecule has 0 saturated heterocycles. The van der Waals surface area contributed by atoms with Crippen LogP contribution in [-0.4, -0.2) is 23.3 Å². The third-order valence-corrected chi connectivity index (χ3v) is 4.97. The number of amides is 2. The first-order valence-electron chi connectivity index (χ1n) is 9.59. The number of hydrogen-bond acceptors (Lipinski definition) is 3. The first kappa shape index (κ1) is 18.7. The Morgan fingerprint density at radius 1 is 0.931 bits per heavy atom. The van der Waals surface area contributed by atoms with Gasteiger partial charge in [-0.15, -0.1) is 0 Å². The quantitative estimate of drug-likeness (QED) is 0.731. The largest absolute Gasteiger partial charge is 0.483 e. The van der Waals surface area contributed by atoms with Gasteiger partial charge >= 0.3 is 0 Å². The lowest BCUT2D eigenvalue weighted by Gasteiger charge is -2.30. The van der Waals surface area contributed by atoms with Gasteiger partial charge in [-0.25, -0.2) is 0 Å². The van der Waals surface area contributed by atoms with Crippen molar-refractivity contribution in [2.75, 3.05) is 6.61 Å². The molecule has 1 heterocycles. The third-order valence-electron chi connectivity index (χ3n) is 4.97. The number of benzene rings is 3. The van der Waals surface area contributed by atoms with E-state index in [1.807, 2.05) is 84.9 Å². The number of carbonyl (C=O) groups is 2. The Morgan fingerprint density at radius 2 is 1.59 bits per heavy atom. The first-order chi connectivity index (χ1) is 14.2. The molecule has 0 aromatic heterocycles. The Kier molecular flexibility index (Phi) is 5.56. The average molecular weight is 386 g/mol. The van der Waals surface area contributed by atoms with Crippen LogP contribution in [-0.2, 0) is 22.7 Å². The lowest BCUT2D eigenvalue weighted by Crippen LogP contribution is -2.44. The summed E-state index contributed by atoms with van der Waals surface area (Å²) in [7, 11) is 0. The van der Waals surface area contributed by atoms with Gasteiger partial charge in [0.25, 0.3) is 5.91 Å². The maximum Gasteiger partial charge on any atom is 0.261 e. The van der Waals surface area contributed by atoms with Crippen LogP contribution in [0.2, 0.25) is 0 Å². The molecule has 0 bridgehead atoms. The maximum absolute atomic E-state index is 13.2. The summed E-state index contributed by atoms with van der Waals surface area (Å²) < 4.78 is 5.66. The Bertz CT molecular complexity index is 989. The summed E-state index contributed by atoms with van der Waals surface area (Å²) in [5.74, 6) is 0.248. The molecule has 1 atom stereocenters. The molecule has 3 aromatic rings. The van der Waals surface area contributed by atoms with Gasteiger partial charge in [0, 0.05) is 12.1 Å². The van der Waals surface area contributed by atoms with Gasteiger partial charge in [0.15, 0.2) is 6.61 Å². The van der Waals surface area contributed by atoms with Gasteiger partial charge in [-0.3, -0.25) is 9.59 Å². The Labute approximate surface area is 169 Å². The molecule has 5 nitrogen and oxygen atoms in total. The number of carbonyl (C=O) groups excluding carboxylic acids is 2. The number of nitrogens with one attached hydrogen (secondary N) is 1. The van der Waals surface area contributed by atoms with Crippen molar-refractivity contribution in [2.45, 2.75) is 19.1 Å². The number of hydrogen-bond donors (Lipinski definition) is 1. The standard InChI is InChI=1S/C24H22N2O3/c27-22-17-29-21-14-8-7-13-20(21)16-26(22)23(19-11-5-2-6-12-19)24(28)25-15-18-9-3-1-4-10-18/h1-14,23H,15-17H2,(H,25,28). The predicted molar refractivity (Wildman–Crippen MR) is 110 cm³/mol. The minimum absolute atomic E-state index is 0.0910. The summed E-state index contributed by atoms with van der Waals surface area (Å²) >= 11 is 0. The molecular formula is C24H22N2O3. The van der Waals surface area contributed by atoms with Gasteiger partial charge in [-0.05, 0) is 17.2 Å². The van der Waals surface area contributed by atoms with Crippen LogP contribution in [0.4, 0.5) is 0 Å². The zero-order valence-electron chi connectivity index (χ0n) is 16.0. The van der Waals surface area contributed by atoms with Crippen molar-refractivity contribution in [1.29, 1.82) is 0 Å². The van der Waals surface area contributed by atoms with Crippen LogP contribution in [0.15, 0.2) is 84.9 Å². The van der Waals surface area contributed by atoms with E-state index in [1.54, 1.807) is 4.90 Å². The second-order valence-electron chi connectivity index (χ2n) is 6.93. The van der Waals surface area contributed by atoms with E-state index in [1.165, 1.54) is 0 Å². The minimum atomic E-state index is -0.734. The van der Waals surface area contributed by atoms with Crippen LogP contribution in [0.25, 0.3) is 0 Å². The van der Waals surface area contributed by atoms with Crippen molar-refractivity contribution >= 4 is 11.8 Å². The van der Waals surface area contributed by atoms with Crippen molar-refractivity contribution in [3.05, 3.63) is 102 Å². The highest BCUT2D eigenvalue weighted by Crippen LogP contribution is 2.29. The molecule has 1 unspecified atom stereocenters. The predicted octanol–water partition coefficient (Wildman–Crippen LogP) is 3.47. The number of fused-ring (bicyclic) bond motifs is 1. The zero-order valence-corrected chi connectivity index (χ0v) is 16.0. The molecule has 0 saturated carbocycles. The molecule has 0 aliphatic carbocycles. The normalized spacial score (nSPS) is 14.3. The zero-order chi connectivity index (χ0) is 20.1. The summed E-state index contributed by atoms with van der Waals surface area (Å²) in [5.41, 5.74) is 2.66. The number of para-hydroxylation sites is 1. The highest BCUT2D eigenvalue weighted by atomic mass is 16.5. The van der Waals surface area contributed by atoms with Gasteiger partial charge < -0.3 is 15.0 Å². The lowest BCUT2D eigenvalue weighted by molar-refractivity contribution is -0.142. The molecule has 3 aromatic carbocycles. The van der Waals surface area contributed by atoms with Crippen molar-refractivity contribution in [2.24, 2.45) is 0 Å². The summed E-state index contributed by atoms with van der Waals surface area (Å²) in [5, 5.41) is 2.99. The van der Waals surface area contributed by atoms with Crippen molar-refractivity contribution in [3.8, 4) is 5.75 Å². The SMILES string of the molecule is O=C(NCc1ccccc1)C(c1ccccc1)N1Cc2ccccc2OCC1=O. The van der Waals surface area contributed by atoms with Gasteiger partial charge in [-0.1, -0.05) is 78.9 Å². The first-order valence-corrected chi connectivity index (χ1v) is 9.59. The molecule has 0 spiro atoms. The summed E-state index contributed by atoms with van der Waals surface area (Å²) in [6.45, 7) is 0.623. The number of ether oxygens (including phenoxy) is 1. The Morgan fingerprint density at radius 3 is 2.34 bits per heavy atom. The summed E-state index contributed by atoms with van der Waals surface area (Å²) in [4.78, 5) is 27.7. The monoisotopic (exact) mass is 386 g/mol. The van der Waals surface area contributed by atoms with E-state index in [0.717, 1.165) is 16.7 Å². The maximum atomic E-state index is 13.2. The van der Waals surface area contributed by atoms with Crippen LogP contribution in [0.1, 0.15) is 22.7 Å². The van der Waals surface area contributed by atoms with Crippen molar-refractivity contribution < 1.29 is 14.3 Å². The average Bonchev–Trinajstić information content (AvgIpc) is 2.93. The fourth-order valence-electron chi connectivity index (χ4n) is 3.49. The number of nitrogens with zero attached hydrogens (tertiary/aromatic N) is 1. The second-order valence-corrected chi connectivity index (χ2v) is 6.93. The van der Waals surface area contributed by atoms with E-state index >= 15 is 0 Å². The molecule has 1 aliphatic rings. The van der Waals surface area contributed by atoms with Crippen molar-refractivity contribution in [1.82, 2.24) is 10.2 Å². The van der Waals surface area contributed by atoms with Gasteiger partial charge in [0.05, 0.1) is 6.54 Å². The highest BCUT2D eigenvalue weighted by Gasteiger charge is 2.33. The Hall–Kier alpha value is -3.60.